The number of ether oxygens (including phenoxy) is 1. The number of hydrogen-bond donors (Lipinski definition) is 3. The Morgan fingerprint density at radius 1 is 1.04 bits per heavy atom. The average molecular weight is 383 g/mol. The summed E-state index contributed by atoms with van der Waals surface area (Å²) < 4.78 is 6.05. The summed E-state index contributed by atoms with van der Waals surface area (Å²) in [4.78, 5) is 2.17. The van der Waals surface area contributed by atoms with E-state index in [-0.39, 0.29) is 0 Å². The molecule has 2 aromatic carbocycles. The van der Waals surface area contributed by atoms with Gasteiger partial charge in [0.1, 0.15) is 11.6 Å². The highest BCUT2D eigenvalue weighted by atomic mass is 35.5. The van der Waals surface area contributed by atoms with E-state index < -0.39 is 0 Å². The molecule has 6 heteroatoms. The molecule has 2 aromatic rings. The summed E-state index contributed by atoms with van der Waals surface area (Å²) in [5, 5.41) is 12.8. The minimum atomic E-state index is 0.702. The highest BCUT2D eigenvalue weighted by Crippen LogP contribution is 2.41. The van der Waals surface area contributed by atoms with Crippen LogP contribution in [-0.2, 0) is 0 Å². The Balaban J connectivity index is 1.61. The van der Waals surface area contributed by atoms with E-state index >= 15 is 0 Å². The zero-order valence-corrected chi connectivity index (χ0v) is 16.2. The number of aromatic nitrogens is 2. The number of nitrogens with zero attached hydrogens (tertiary/aromatic N) is 1. The van der Waals surface area contributed by atoms with Gasteiger partial charge in [-0.1, -0.05) is 29.8 Å². The third kappa shape index (κ3) is 3.75. The van der Waals surface area contributed by atoms with Crippen molar-refractivity contribution in [2.24, 2.45) is 0 Å². The lowest BCUT2D eigenvalue weighted by molar-refractivity contribution is 0.284. The van der Waals surface area contributed by atoms with E-state index in [4.69, 9.17) is 16.3 Å². The van der Waals surface area contributed by atoms with Gasteiger partial charge in [-0.25, -0.2) is 0 Å². The first-order valence-corrected chi connectivity index (χ1v) is 9.41. The van der Waals surface area contributed by atoms with Crippen molar-refractivity contribution in [1.29, 1.82) is 0 Å². The van der Waals surface area contributed by atoms with Crippen LogP contribution in [0.15, 0.2) is 48.5 Å². The molecule has 0 spiro atoms. The Morgan fingerprint density at radius 2 is 1.89 bits per heavy atom. The first-order valence-electron chi connectivity index (χ1n) is 9.04. The van der Waals surface area contributed by atoms with Crippen molar-refractivity contribution < 1.29 is 4.74 Å². The number of aromatic amines is 2. The fraction of sp³-hybridized carbons (Fsp3) is 0.238. The molecule has 5 nitrogen and oxygen atoms in total. The number of halogens is 1. The Morgan fingerprint density at radius 3 is 2.70 bits per heavy atom. The largest absolute Gasteiger partial charge is 0.493 e. The van der Waals surface area contributed by atoms with E-state index in [1.54, 1.807) is 0 Å². The van der Waals surface area contributed by atoms with Crippen molar-refractivity contribution >= 4 is 33.9 Å². The van der Waals surface area contributed by atoms with Crippen LogP contribution < -0.4 is 10.1 Å². The van der Waals surface area contributed by atoms with E-state index in [2.05, 4.69) is 46.6 Å². The maximum atomic E-state index is 6.09. The first-order chi connectivity index (χ1) is 13.1. The average Bonchev–Trinajstić information content (AvgIpc) is 3.19. The SMILES string of the molecule is CN(C)CCCOc1cccc2c3[nH][nH]c(Nc4cccc(Cl)c4)c-3cc12. The van der Waals surface area contributed by atoms with Gasteiger partial charge < -0.3 is 15.0 Å². The van der Waals surface area contributed by atoms with Crippen LogP contribution in [-0.4, -0.2) is 42.3 Å². The normalized spacial score (nSPS) is 11.6. The van der Waals surface area contributed by atoms with Crippen molar-refractivity contribution in [3.05, 3.63) is 53.6 Å². The van der Waals surface area contributed by atoms with Gasteiger partial charge in [-0.3, -0.25) is 10.2 Å². The Bertz CT molecular complexity index is 1020. The molecule has 2 aliphatic rings. The van der Waals surface area contributed by atoms with Gasteiger partial charge in [-0.05, 0) is 50.8 Å². The molecule has 0 saturated carbocycles. The standard InChI is InChI=1S/C21H23ClN4O/c1-26(2)10-5-11-27-19-9-4-8-16-17(19)13-18-20(16)24-25-21(18)23-15-7-3-6-14(22)12-15/h3-4,6-9,12-13,23-25H,5,10-11H2,1-2H3. The predicted octanol–water partition coefficient (Wildman–Crippen LogP) is 5.33. The molecule has 1 heterocycles. The van der Waals surface area contributed by atoms with Gasteiger partial charge in [-0.2, -0.15) is 0 Å². The molecule has 3 N–H and O–H groups in total. The molecule has 140 valence electrons. The molecule has 0 bridgehead atoms. The van der Waals surface area contributed by atoms with Crippen LogP contribution in [0.4, 0.5) is 11.5 Å². The van der Waals surface area contributed by atoms with Crippen molar-refractivity contribution in [2.45, 2.75) is 6.42 Å². The molecular weight excluding hydrogens is 360 g/mol. The van der Waals surface area contributed by atoms with Gasteiger partial charge >= 0.3 is 0 Å². The molecule has 0 fully saturated rings. The highest BCUT2D eigenvalue weighted by molar-refractivity contribution is 6.30. The van der Waals surface area contributed by atoms with Crippen LogP contribution in [0.25, 0.3) is 22.0 Å². The van der Waals surface area contributed by atoms with E-state index in [1.165, 1.54) is 0 Å². The summed E-state index contributed by atoms with van der Waals surface area (Å²) in [6.45, 7) is 1.72. The quantitative estimate of drug-likeness (QED) is 0.379. The summed E-state index contributed by atoms with van der Waals surface area (Å²) in [5.41, 5.74) is 3.09. The lowest BCUT2D eigenvalue weighted by atomic mass is 10.2. The van der Waals surface area contributed by atoms with Gasteiger partial charge in [0.2, 0.25) is 0 Å². The lowest BCUT2D eigenvalue weighted by Gasteiger charge is -2.11. The summed E-state index contributed by atoms with van der Waals surface area (Å²) in [5.74, 6) is 1.83. The predicted molar refractivity (Wildman–Crippen MR) is 113 cm³/mol. The minimum Gasteiger partial charge on any atom is -0.493 e. The van der Waals surface area contributed by atoms with Crippen LogP contribution >= 0.6 is 11.6 Å². The van der Waals surface area contributed by atoms with E-state index in [1.807, 2.05) is 36.4 Å². The maximum Gasteiger partial charge on any atom is 0.132 e. The van der Waals surface area contributed by atoms with Gasteiger partial charge in [-0.15, -0.1) is 0 Å². The first kappa shape index (κ1) is 17.8. The van der Waals surface area contributed by atoms with Gasteiger partial charge in [0.05, 0.1) is 12.3 Å². The Hall–Kier alpha value is -2.63. The fourth-order valence-corrected chi connectivity index (χ4v) is 3.48. The molecule has 0 atom stereocenters. The van der Waals surface area contributed by atoms with Crippen LogP contribution in [0.1, 0.15) is 6.42 Å². The van der Waals surface area contributed by atoms with Crippen LogP contribution in [0.3, 0.4) is 0 Å². The number of anilines is 2. The number of benzene rings is 2. The van der Waals surface area contributed by atoms with Crippen molar-refractivity contribution in [3.63, 3.8) is 0 Å². The Labute approximate surface area is 163 Å². The molecular formula is C21H23ClN4O. The second kappa shape index (κ2) is 7.55. The molecule has 1 aliphatic carbocycles. The maximum absolute atomic E-state index is 6.09. The number of fused-ring (bicyclic) bond motifs is 3. The third-order valence-electron chi connectivity index (χ3n) is 4.58. The zero-order chi connectivity index (χ0) is 18.8. The number of nitrogens with one attached hydrogen (secondary N) is 3. The van der Waals surface area contributed by atoms with Gasteiger partial charge in [0.15, 0.2) is 0 Å². The van der Waals surface area contributed by atoms with Crippen LogP contribution in [0.2, 0.25) is 5.02 Å². The number of hydrogen-bond acceptors (Lipinski definition) is 3. The van der Waals surface area contributed by atoms with Crippen molar-refractivity contribution in [1.82, 2.24) is 15.1 Å². The summed E-state index contributed by atoms with van der Waals surface area (Å²) in [7, 11) is 4.15. The van der Waals surface area contributed by atoms with Crippen LogP contribution in [0.5, 0.6) is 5.75 Å². The van der Waals surface area contributed by atoms with Gasteiger partial charge in [0.25, 0.3) is 0 Å². The molecule has 0 aromatic heterocycles. The van der Waals surface area contributed by atoms with E-state index in [0.717, 1.165) is 52.3 Å². The molecule has 0 radical (unpaired) electrons. The Kier molecular flexibility index (Phi) is 4.97. The van der Waals surface area contributed by atoms with Crippen molar-refractivity contribution in [2.75, 3.05) is 32.6 Å². The number of rotatable bonds is 7. The summed E-state index contributed by atoms with van der Waals surface area (Å²) >= 11 is 6.09. The fourth-order valence-electron chi connectivity index (χ4n) is 3.29. The third-order valence-corrected chi connectivity index (χ3v) is 4.81. The van der Waals surface area contributed by atoms with Crippen molar-refractivity contribution in [3.8, 4) is 17.0 Å². The topological polar surface area (TPSA) is 56.1 Å². The van der Waals surface area contributed by atoms with Gasteiger partial charge in [0, 0.05) is 33.6 Å². The molecule has 0 saturated heterocycles. The summed E-state index contributed by atoms with van der Waals surface area (Å²) in [6, 6.07) is 16.0. The van der Waals surface area contributed by atoms with E-state index in [0.29, 0.717) is 11.6 Å². The minimum absolute atomic E-state index is 0.702. The smallest absolute Gasteiger partial charge is 0.132 e. The highest BCUT2D eigenvalue weighted by Gasteiger charge is 2.19. The zero-order valence-electron chi connectivity index (χ0n) is 15.5. The molecule has 0 unspecified atom stereocenters. The van der Waals surface area contributed by atoms with E-state index in [9.17, 15) is 0 Å². The molecule has 0 amide bonds. The lowest BCUT2D eigenvalue weighted by Crippen LogP contribution is -2.15. The second-order valence-corrected chi connectivity index (χ2v) is 7.35. The molecule has 4 rings (SSSR count). The summed E-state index contributed by atoms with van der Waals surface area (Å²) in [6.07, 6.45) is 0.997. The monoisotopic (exact) mass is 382 g/mol. The number of H-pyrrole nitrogens is 2. The second-order valence-electron chi connectivity index (χ2n) is 6.92. The molecule has 1 aliphatic heterocycles. The van der Waals surface area contributed by atoms with Crippen LogP contribution in [0, 0.1) is 0 Å². The molecule has 27 heavy (non-hydrogen) atoms.